The van der Waals surface area contributed by atoms with Gasteiger partial charge < -0.3 is 15.1 Å². The summed E-state index contributed by atoms with van der Waals surface area (Å²) in [6.45, 7) is 5.00. The molecule has 2 aromatic rings. The molecule has 3 rings (SSSR count). The van der Waals surface area contributed by atoms with Crippen LogP contribution in [0.15, 0.2) is 58.0 Å². The van der Waals surface area contributed by atoms with E-state index < -0.39 is 22.0 Å². The minimum absolute atomic E-state index is 0.100. The fraction of sp³-hybridized carbons (Fsp3) is 0.455. The number of rotatable bonds is 8. The van der Waals surface area contributed by atoms with Gasteiger partial charge in [0.25, 0.3) is 5.91 Å². The van der Waals surface area contributed by atoms with Crippen LogP contribution in [-0.2, 0) is 14.8 Å². The van der Waals surface area contributed by atoms with E-state index in [1.807, 2.05) is 13.8 Å². The van der Waals surface area contributed by atoms with Crippen molar-refractivity contribution in [2.45, 2.75) is 37.6 Å². The maximum atomic E-state index is 12.7. The third-order valence-electron chi connectivity index (χ3n) is 5.50. The SMILES string of the molecule is CC(C)C(NC(=O)c1ccco1)C(=O)NCC1CCN(S(=O)(=O)c2ccccc2)CC1. The molecule has 1 aliphatic heterocycles. The van der Waals surface area contributed by atoms with Gasteiger partial charge in [0.05, 0.1) is 11.2 Å². The van der Waals surface area contributed by atoms with Gasteiger partial charge in [-0.3, -0.25) is 9.59 Å². The van der Waals surface area contributed by atoms with Crippen molar-refractivity contribution >= 4 is 21.8 Å². The molecule has 168 valence electrons. The van der Waals surface area contributed by atoms with E-state index in [-0.39, 0.29) is 23.5 Å². The Morgan fingerprint density at radius 3 is 2.35 bits per heavy atom. The maximum Gasteiger partial charge on any atom is 0.287 e. The summed E-state index contributed by atoms with van der Waals surface area (Å²) in [6, 6.07) is 10.9. The molecule has 0 radical (unpaired) electrons. The zero-order valence-electron chi connectivity index (χ0n) is 17.8. The first-order chi connectivity index (χ1) is 14.8. The first-order valence-corrected chi connectivity index (χ1v) is 11.9. The van der Waals surface area contributed by atoms with Crippen molar-refractivity contribution in [1.82, 2.24) is 14.9 Å². The van der Waals surface area contributed by atoms with Crippen LogP contribution in [0.4, 0.5) is 0 Å². The average Bonchev–Trinajstić information content (AvgIpc) is 3.31. The number of piperidine rings is 1. The molecule has 1 unspecified atom stereocenters. The predicted molar refractivity (Wildman–Crippen MR) is 116 cm³/mol. The smallest absolute Gasteiger partial charge is 0.287 e. The van der Waals surface area contributed by atoms with Crippen LogP contribution >= 0.6 is 0 Å². The summed E-state index contributed by atoms with van der Waals surface area (Å²) < 4.78 is 32.0. The number of amides is 2. The van der Waals surface area contributed by atoms with Gasteiger partial charge in [-0.05, 0) is 48.9 Å². The van der Waals surface area contributed by atoms with Crippen molar-refractivity contribution in [3.05, 3.63) is 54.5 Å². The molecule has 1 aromatic carbocycles. The van der Waals surface area contributed by atoms with Crippen molar-refractivity contribution in [3.63, 3.8) is 0 Å². The molecule has 31 heavy (non-hydrogen) atoms. The molecule has 2 N–H and O–H groups in total. The summed E-state index contributed by atoms with van der Waals surface area (Å²) in [5.41, 5.74) is 0. The number of hydrogen-bond acceptors (Lipinski definition) is 5. The standard InChI is InChI=1S/C22H29N3O5S/c1-16(2)20(24-21(26)19-9-6-14-30-19)22(27)23-15-17-10-12-25(13-11-17)31(28,29)18-7-4-3-5-8-18/h3-9,14,16-17,20H,10-13,15H2,1-2H3,(H,23,27)(H,24,26). The zero-order chi connectivity index (χ0) is 22.4. The van der Waals surface area contributed by atoms with Gasteiger partial charge in [-0.1, -0.05) is 32.0 Å². The van der Waals surface area contributed by atoms with Gasteiger partial charge in [0.2, 0.25) is 15.9 Å². The Balaban J connectivity index is 1.50. The van der Waals surface area contributed by atoms with E-state index in [0.717, 1.165) is 0 Å². The van der Waals surface area contributed by atoms with Crippen molar-refractivity contribution in [2.75, 3.05) is 19.6 Å². The van der Waals surface area contributed by atoms with E-state index in [4.69, 9.17) is 4.42 Å². The van der Waals surface area contributed by atoms with Crippen molar-refractivity contribution in [2.24, 2.45) is 11.8 Å². The van der Waals surface area contributed by atoms with Gasteiger partial charge in [0.15, 0.2) is 5.76 Å². The van der Waals surface area contributed by atoms with E-state index in [1.165, 1.54) is 10.6 Å². The minimum atomic E-state index is -3.49. The quantitative estimate of drug-likeness (QED) is 0.645. The van der Waals surface area contributed by atoms with E-state index in [2.05, 4.69) is 10.6 Å². The Bertz CT molecular complexity index is 966. The lowest BCUT2D eigenvalue weighted by Crippen LogP contribution is -2.51. The molecule has 0 bridgehead atoms. The summed E-state index contributed by atoms with van der Waals surface area (Å²) in [5, 5.41) is 5.64. The molecule has 1 atom stereocenters. The van der Waals surface area contributed by atoms with Gasteiger partial charge in [-0.2, -0.15) is 4.31 Å². The lowest BCUT2D eigenvalue weighted by Gasteiger charge is -2.31. The molecule has 8 nitrogen and oxygen atoms in total. The molecule has 2 amide bonds. The summed E-state index contributed by atoms with van der Waals surface area (Å²) in [7, 11) is -3.49. The largest absolute Gasteiger partial charge is 0.459 e. The van der Waals surface area contributed by atoms with Gasteiger partial charge >= 0.3 is 0 Å². The van der Waals surface area contributed by atoms with Crippen LogP contribution in [-0.4, -0.2) is 50.2 Å². The summed E-state index contributed by atoms with van der Waals surface area (Å²) in [5.74, 6) is -0.450. The number of hydrogen-bond donors (Lipinski definition) is 2. The molecule has 2 heterocycles. The monoisotopic (exact) mass is 447 g/mol. The van der Waals surface area contributed by atoms with Gasteiger partial charge in [-0.25, -0.2) is 8.42 Å². The van der Waals surface area contributed by atoms with Crippen LogP contribution in [0.25, 0.3) is 0 Å². The highest BCUT2D eigenvalue weighted by molar-refractivity contribution is 7.89. The number of benzene rings is 1. The van der Waals surface area contributed by atoms with E-state index in [9.17, 15) is 18.0 Å². The van der Waals surface area contributed by atoms with Crippen LogP contribution in [0, 0.1) is 11.8 Å². The fourth-order valence-electron chi connectivity index (χ4n) is 3.61. The highest BCUT2D eigenvalue weighted by Gasteiger charge is 2.30. The summed E-state index contributed by atoms with van der Waals surface area (Å²) in [6.07, 6.45) is 2.73. The molecule has 0 aliphatic carbocycles. The zero-order valence-corrected chi connectivity index (χ0v) is 18.6. The Morgan fingerprint density at radius 1 is 1.10 bits per heavy atom. The van der Waals surface area contributed by atoms with Crippen molar-refractivity contribution in [1.29, 1.82) is 0 Å². The minimum Gasteiger partial charge on any atom is -0.459 e. The van der Waals surface area contributed by atoms with E-state index in [1.54, 1.807) is 42.5 Å². The Kier molecular flexibility index (Phi) is 7.50. The number of carbonyl (C=O) groups excluding carboxylic acids is 2. The van der Waals surface area contributed by atoms with E-state index in [0.29, 0.717) is 37.4 Å². The number of furan rings is 1. The summed E-state index contributed by atoms with van der Waals surface area (Å²) in [4.78, 5) is 25.2. The first kappa shape index (κ1) is 23.0. The maximum absolute atomic E-state index is 12.7. The molecule has 0 spiro atoms. The highest BCUT2D eigenvalue weighted by atomic mass is 32.2. The lowest BCUT2D eigenvalue weighted by atomic mass is 9.97. The normalized spacial score (nSPS) is 16.7. The fourth-order valence-corrected chi connectivity index (χ4v) is 5.10. The third-order valence-corrected chi connectivity index (χ3v) is 7.41. The predicted octanol–water partition coefficient (Wildman–Crippen LogP) is 2.25. The topological polar surface area (TPSA) is 109 Å². The van der Waals surface area contributed by atoms with Gasteiger partial charge in [0.1, 0.15) is 6.04 Å². The van der Waals surface area contributed by atoms with Crippen molar-refractivity contribution < 1.29 is 22.4 Å². The second-order valence-corrected chi connectivity index (χ2v) is 10.0. The highest BCUT2D eigenvalue weighted by Crippen LogP contribution is 2.23. The number of sulfonamides is 1. The first-order valence-electron chi connectivity index (χ1n) is 10.5. The van der Waals surface area contributed by atoms with Crippen LogP contribution in [0.1, 0.15) is 37.2 Å². The number of nitrogens with one attached hydrogen (secondary N) is 2. The lowest BCUT2D eigenvalue weighted by molar-refractivity contribution is -0.124. The Morgan fingerprint density at radius 2 is 1.77 bits per heavy atom. The van der Waals surface area contributed by atoms with Gasteiger partial charge in [-0.15, -0.1) is 0 Å². The average molecular weight is 448 g/mol. The molecule has 1 aliphatic rings. The second kappa shape index (κ2) is 10.1. The molecular weight excluding hydrogens is 418 g/mol. The van der Waals surface area contributed by atoms with E-state index >= 15 is 0 Å². The molecule has 0 saturated carbocycles. The number of carbonyl (C=O) groups is 2. The number of nitrogens with zero attached hydrogens (tertiary/aromatic N) is 1. The van der Waals surface area contributed by atoms with Crippen LogP contribution in [0.5, 0.6) is 0 Å². The van der Waals surface area contributed by atoms with Crippen LogP contribution < -0.4 is 10.6 Å². The van der Waals surface area contributed by atoms with Crippen LogP contribution in [0.3, 0.4) is 0 Å². The Hall–Kier alpha value is -2.65. The van der Waals surface area contributed by atoms with Gasteiger partial charge in [0, 0.05) is 19.6 Å². The second-order valence-electron chi connectivity index (χ2n) is 8.08. The molecular formula is C22H29N3O5S. The molecule has 9 heteroatoms. The molecule has 1 aromatic heterocycles. The molecule has 1 saturated heterocycles. The Labute approximate surface area is 183 Å². The van der Waals surface area contributed by atoms with Crippen LogP contribution in [0.2, 0.25) is 0 Å². The van der Waals surface area contributed by atoms with Crippen molar-refractivity contribution in [3.8, 4) is 0 Å². The molecule has 1 fully saturated rings. The third kappa shape index (κ3) is 5.74. The summed E-state index contributed by atoms with van der Waals surface area (Å²) >= 11 is 0.